The Hall–Kier alpha value is -0.340. The third kappa shape index (κ3) is 8.01. The lowest BCUT2D eigenvalue weighted by Crippen LogP contribution is -2.33. The Balaban J connectivity index is 0.00000220. The molecular weight excluding hydrogens is 397 g/mol. The molecule has 6 heteroatoms. The summed E-state index contributed by atoms with van der Waals surface area (Å²) in [5.74, 6) is 0.544. The van der Waals surface area contributed by atoms with Gasteiger partial charge in [-0.1, -0.05) is 18.9 Å². The Morgan fingerprint density at radius 3 is 2.95 bits per heavy atom. The summed E-state index contributed by atoms with van der Waals surface area (Å²) >= 11 is 1.77. The number of rotatable bonds is 8. The van der Waals surface area contributed by atoms with Crippen molar-refractivity contribution in [2.24, 2.45) is 10.7 Å². The molecule has 3 N–H and O–H groups in total. The average Bonchev–Trinajstić information content (AvgIpc) is 3.11. The molecule has 0 aromatic carbocycles. The number of nitrogens with zero attached hydrogens (tertiary/aromatic N) is 1. The molecule has 0 atom stereocenters. The SMILES string of the molecule is I.NC(=NCCCOC1CCCC1)NCCc1cccs1. The van der Waals surface area contributed by atoms with Gasteiger partial charge in [0.2, 0.25) is 0 Å². The Bertz CT molecular complexity index is 392. The van der Waals surface area contributed by atoms with Crippen LogP contribution in [0.2, 0.25) is 0 Å². The second-order valence-electron chi connectivity index (χ2n) is 5.15. The van der Waals surface area contributed by atoms with Gasteiger partial charge in [0.1, 0.15) is 0 Å². The number of hydrogen-bond donors (Lipinski definition) is 2. The zero-order valence-electron chi connectivity index (χ0n) is 12.4. The summed E-state index contributed by atoms with van der Waals surface area (Å²) in [4.78, 5) is 5.68. The molecule has 0 spiro atoms. The van der Waals surface area contributed by atoms with Crippen LogP contribution in [0.1, 0.15) is 37.0 Å². The second-order valence-corrected chi connectivity index (χ2v) is 6.19. The summed E-state index contributed by atoms with van der Waals surface area (Å²) in [7, 11) is 0. The first-order chi connectivity index (χ1) is 9.84. The molecule has 0 aliphatic heterocycles. The number of nitrogens with two attached hydrogens (primary N) is 1. The molecule has 1 aliphatic carbocycles. The highest BCUT2D eigenvalue weighted by Gasteiger charge is 2.14. The van der Waals surface area contributed by atoms with Gasteiger partial charge in [0, 0.05) is 24.6 Å². The fraction of sp³-hybridized carbons (Fsp3) is 0.667. The van der Waals surface area contributed by atoms with E-state index in [1.807, 2.05) is 0 Å². The number of halogens is 1. The predicted octanol–water partition coefficient (Wildman–Crippen LogP) is 3.16. The molecule has 2 rings (SSSR count). The summed E-state index contributed by atoms with van der Waals surface area (Å²) in [6.07, 6.45) is 7.56. The zero-order chi connectivity index (χ0) is 14.0. The second kappa shape index (κ2) is 11.3. The van der Waals surface area contributed by atoms with Gasteiger partial charge in [-0.05, 0) is 37.1 Å². The first kappa shape index (κ1) is 18.7. The van der Waals surface area contributed by atoms with Crippen molar-refractivity contribution in [2.75, 3.05) is 19.7 Å². The predicted molar refractivity (Wildman–Crippen MR) is 101 cm³/mol. The highest BCUT2D eigenvalue weighted by molar-refractivity contribution is 14.0. The van der Waals surface area contributed by atoms with Crippen LogP contribution in [0.3, 0.4) is 0 Å². The van der Waals surface area contributed by atoms with Gasteiger partial charge in [-0.25, -0.2) is 0 Å². The normalized spacial score (nSPS) is 15.9. The van der Waals surface area contributed by atoms with E-state index in [-0.39, 0.29) is 24.0 Å². The van der Waals surface area contributed by atoms with E-state index in [1.165, 1.54) is 30.6 Å². The molecule has 1 heterocycles. The number of ether oxygens (including phenoxy) is 1. The van der Waals surface area contributed by atoms with Gasteiger partial charge < -0.3 is 15.8 Å². The maximum Gasteiger partial charge on any atom is 0.188 e. The van der Waals surface area contributed by atoms with Crippen LogP contribution in [-0.4, -0.2) is 31.8 Å². The molecule has 1 aliphatic rings. The standard InChI is InChI=1S/C15H25N3OS.HI/c16-15(18-10-8-14-7-3-12-20-14)17-9-4-11-19-13-5-1-2-6-13;/h3,7,12-13H,1-2,4-6,8-11H2,(H3,16,17,18);1H. The first-order valence-corrected chi connectivity index (χ1v) is 8.40. The van der Waals surface area contributed by atoms with Crippen LogP contribution in [-0.2, 0) is 11.2 Å². The summed E-state index contributed by atoms with van der Waals surface area (Å²) in [5.41, 5.74) is 5.82. The van der Waals surface area contributed by atoms with Gasteiger partial charge >= 0.3 is 0 Å². The fourth-order valence-electron chi connectivity index (χ4n) is 2.39. The van der Waals surface area contributed by atoms with Gasteiger partial charge in [-0.15, -0.1) is 35.3 Å². The van der Waals surface area contributed by atoms with Crippen molar-refractivity contribution >= 4 is 41.3 Å². The smallest absolute Gasteiger partial charge is 0.188 e. The topological polar surface area (TPSA) is 59.6 Å². The number of guanidine groups is 1. The maximum atomic E-state index is 5.82. The van der Waals surface area contributed by atoms with Crippen LogP contribution in [0.5, 0.6) is 0 Å². The van der Waals surface area contributed by atoms with E-state index in [2.05, 4.69) is 27.8 Å². The van der Waals surface area contributed by atoms with Gasteiger partial charge in [-0.2, -0.15) is 0 Å². The maximum absolute atomic E-state index is 5.82. The Morgan fingerprint density at radius 2 is 2.24 bits per heavy atom. The Morgan fingerprint density at radius 1 is 1.43 bits per heavy atom. The van der Waals surface area contributed by atoms with E-state index in [9.17, 15) is 0 Å². The average molecular weight is 423 g/mol. The van der Waals surface area contributed by atoms with Crippen molar-refractivity contribution in [3.8, 4) is 0 Å². The van der Waals surface area contributed by atoms with Crippen LogP contribution in [0.25, 0.3) is 0 Å². The van der Waals surface area contributed by atoms with Crippen LogP contribution in [0.15, 0.2) is 22.5 Å². The van der Waals surface area contributed by atoms with Gasteiger partial charge in [-0.3, -0.25) is 4.99 Å². The molecule has 4 nitrogen and oxygen atoms in total. The molecule has 1 aromatic rings. The molecule has 1 saturated carbocycles. The van der Waals surface area contributed by atoms with E-state index >= 15 is 0 Å². The van der Waals surface area contributed by atoms with Crippen LogP contribution < -0.4 is 11.1 Å². The minimum atomic E-state index is 0. The molecule has 0 unspecified atom stereocenters. The van der Waals surface area contributed by atoms with E-state index < -0.39 is 0 Å². The van der Waals surface area contributed by atoms with Crippen molar-refractivity contribution < 1.29 is 4.74 Å². The summed E-state index contributed by atoms with van der Waals surface area (Å²) in [6, 6.07) is 4.21. The molecule has 0 radical (unpaired) electrons. The summed E-state index contributed by atoms with van der Waals surface area (Å²) in [6.45, 7) is 2.38. The lowest BCUT2D eigenvalue weighted by molar-refractivity contribution is 0.0579. The van der Waals surface area contributed by atoms with Gasteiger partial charge in [0.15, 0.2) is 5.96 Å². The third-order valence-corrected chi connectivity index (χ3v) is 4.43. The number of aliphatic imine (C=N–C) groups is 1. The van der Waals surface area contributed by atoms with Gasteiger partial charge in [0.05, 0.1) is 6.10 Å². The molecule has 0 amide bonds. The third-order valence-electron chi connectivity index (χ3n) is 3.50. The van der Waals surface area contributed by atoms with E-state index in [4.69, 9.17) is 10.5 Å². The van der Waals surface area contributed by atoms with Crippen molar-refractivity contribution in [1.29, 1.82) is 0 Å². The van der Waals surface area contributed by atoms with Crippen LogP contribution in [0.4, 0.5) is 0 Å². The monoisotopic (exact) mass is 423 g/mol. The minimum absolute atomic E-state index is 0. The van der Waals surface area contributed by atoms with E-state index in [1.54, 1.807) is 11.3 Å². The quantitative estimate of drug-likeness (QED) is 0.292. The minimum Gasteiger partial charge on any atom is -0.378 e. The summed E-state index contributed by atoms with van der Waals surface area (Å²) in [5, 5.41) is 5.24. The molecule has 1 fully saturated rings. The zero-order valence-corrected chi connectivity index (χ0v) is 15.6. The van der Waals surface area contributed by atoms with Crippen molar-refractivity contribution in [3.05, 3.63) is 22.4 Å². The largest absolute Gasteiger partial charge is 0.378 e. The summed E-state index contributed by atoms with van der Waals surface area (Å²) < 4.78 is 5.79. The number of hydrogen-bond acceptors (Lipinski definition) is 3. The van der Waals surface area contributed by atoms with Crippen LogP contribution in [0, 0.1) is 0 Å². The lowest BCUT2D eigenvalue weighted by atomic mass is 10.3. The molecule has 120 valence electrons. The molecule has 0 bridgehead atoms. The first-order valence-electron chi connectivity index (χ1n) is 7.52. The highest BCUT2D eigenvalue weighted by Crippen LogP contribution is 2.20. The Kier molecular flexibility index (Phi) is 10.0. The van der Waals surface area contributed by atoms with Crippen molar-refractivity contribution in [3.63, 3.8) is 0 Å². The van der Waals surface area contributed by atoms with Gasteiger partial charge in [0.25, 0.3) is 0 Å². The van der Waals surface area contributed by atoms with E-state index in [0.717, 1.165) is 32.5 Å². The van der Waals surface area contributed by atoms with Crippen molar-refractivity contribution in [1.82, 2.24) is 5.32 Å². The molecule has 21 heavy (non-hydrogen) atoms. The number of thiophene rings is 1. The lowest BCUT2D eigenvalue weighted by Gasteiger charge is -2.10. The fourth-order valence-corrected chi connectivity index (χ4v) is 3.10. The van der Waals surface area contributed by atoms with E-state index in [0.29, 0.717) is 12.1 Å². The molecule has 0 saturated heterocycles. The van der Waals surface area contributed by atoms with Crippen LogP contribution >= 0.6 is 35.3 Å². The molecule has 1 aromatic heterocycles. The highest BCUT2D eigenvalue weighted by atomic mass is 127. The van der Waals surface area contributed by atoms with Crippen molar-refractivity contribution in [2.45, 2.75) is 44.6 Å². The Labute approximate surface area is 148 Å². The molecular formula is C15H26IN3OS. The number of nitrogens with one attached hydrogen (secondary N) is 1.